The van der Waals surface area contributed by atoms with Gasteiger partial charge in [0.25, 0.3) is 0 Å². The topological polar surface area (TPSA) is 49.4 Å². The summed E-state index contributed by atoms with van der Waals surface area (Å²) in [5.41, 5.74) is 3.17. The zero-order valence-corrected chi connectivity index (χ0v) is 14.5. The van der Waals surface area contributed by atoms with Crippen LogP contribution in [0.25, 0.3) is 0 Å². The molecule has 0 aliphatic rings. The Morgan fingerprint density at radius 1 is 1.04 bits per heavy atom. The Bertz CT molecular complexity index is 681. The van der Waals surface area contributed by atoms with Crippen LogP contribution in [0, 0.1) is 6.92 Å². The molecule has 2 aromatic rings. The third-order valence-corrected chi connectivity index (χ3v) is 3.92. The Labute approximate surface area is 143 Å². The minimum absolute atomic E-state index is 0.00169. The van der Waals surface area contributed by atoms with Gasteiger partial charge in [0, 0.05) is 20.5 Å². The van der Waals surface area contributed by atoms with E-state index in [1.54, 1.807) is 11.9 Å². The fourth-order valence-electron chi connectivity index (χ4n) is 2.57. The molecule has 0 aromatic heterocycles. The van der Waals surface area contributed by atoms with Crippen LogP contribution in [-0.4, -0.2) is 23.8 Å². The van der Waals surface area contributed by atoms with E-state index in [1.807, 2.05) is 61.5 Å². The van der Waals surface area contributed by atoms with Gasteiger partial charge in [0.05, 0.1) is 12.5 Å². The average Bonchev–Trinajstić information content (AvgIpc) is 2.55. The largest absolute Gasteiger partial charge is 0.349 e. The number of carbonyl (C=O) groups is 2. The molecule has 0 saturated carbocycles. The summed E-state index contributed by atoms with van der Waals surface area (Å²) in [6, 6.07) is 17.4. The van der Waals surface area contributed by atoms with Crippen molar-refractivity contribution in [1.82, 2.24) is 10.2 Å². The van der Waals surface area contributed by atoms with E-state index in [1.165, 1.54) is 6.92 Å². The minimum Gasteiger partial charge on any atom is -0.349 e. The molecule has 0 fully saturated rings. The summed E-state index contributed by atoms with van der Waals surface area (Å²) >= 11 is 0. The van der Waals surface area contributed by atoms with Crippen molar-refractivity contribution in [2.45, 2.75) is 32.9 Å². The minimum atomic E-state index is -0.311. The van der Waals surface area contributed by atoms with E-state index >= 15 is 0 Å². The second-order valence-corrected chi connectivity index (χ2v) is 6.10. The number of aryl methyl sites for hydroxylation is 1. The van der Waals surface area contributed by atoms with Gasteiger partial charge < -0.3 is 10.2 Å². The van der Waals surface area contributed by atoms with E-state index < -0.39 is 0 Å². The quantitative estimate of drug-likeness (QED) is 0.887. The van der Waals surface area contributed by atoms with Gasteiger partial charge in [-0.15, -0.1) is 0 Å². The molecule has 0 aliphatic carbocycles. The fraction of sp³-hybridized carbons (Fsp3) is 0.300. The maximum atomic E-state index is 12.6. The van der Waals surface area contributed by atoms with Gasteiger partial charge in [-0.3, -0.25) is 9.59 Å². The molecule has 4 heteroatoms. The summed E-state index contributed by atoms with van der Waals surface area (Å²) in [5, 5.41) is 2.88. The molecular formula is C20H24N2O2. The fourth-order valence-corrected chi connectivity index (χ4v) is 2.57. The highest BCUT2D eigenvalue weighted by Gasteiger charge is 2.19. The molecular weight excluding hydrogens is 300 g/mol. The SMILES string of the molecule is CC(=O)NC(CC(=O)N(C)Cc1ccccc1)c1ccc(C)cc1. The van der Waals surface area contributed by atoms with E-state index in [0.717, 1.165) is 16.7 Å². The van der Waals surface area contributed by atoms with Crippen molar-refractivity contribution in [3.63, 3.8) is 0 Å². The van der Waals surface area contributed by atoms with Crippen LogP contribution in [0.2, 0.25) is 0 Å². The van der Waals surface area contributed by atoms with E-state index in [9.17, 15) is 9.59 Å². The van der Waals surface area contributed by atoms with Crippen molar-refractivity contribution in [1.29, 1.82) is 0 Å². The number of benzene rings is 2. The highest BCUT2D eigenvalue weighted by atomic mass is 16.2. The molecule has 2 rings (SSSR count). The zero-order chi connectivity index (χ0) is 17.5. The van der Waals surface area contributed by atoms with Gasteiger partial charge in [-0.2, -0.15) is 0 Å². The number of nitrogens with zero attached hydrogens (tertiary/aromatic N) is 1. The van der Waals surface area contributed by atoms with Crippen LogP contribution in [0.5, 0.6) is 0 Å². The lowest BCUT2D eigenvalue weighted by molar-refractivity contribution is -0.131. The van der Waals surface area contributed by atoms with Crippen LogP contribution in [0.4, 0.5) is 0 Å². The Kier molecular flexibility index (Phi) is 6.13. The van der Waals surface area contributed by atoms with Crippen LogP contribution in [0.1, 0.15) is 36.1 Å². The van der Waals surface area contributed by atoms with E-state index in [4.69, 9.17) is 0 Å². The summed E-state index contributed by atoms with van der Waals surface area (Å²) < 4.78 is 0. The highest BCUT2D eigenvalue weighted by molar-refractivity contribution is 5.79. The van der Waals surface area contributed by atoms with Gasteiger partial charge >= 0.3 is 0 Å². The highest BCUT2D eigenvalue weighted by Crippen LogP contribution is 2.19. The summed E-state index contributed by atoms with van der Waals surface area (Å²) in [4.78, 5) is 25.7. The van der Waals surface area contributed by atoms with Gasteiger partial charge in [-0.05, 0) is 18.1 Å². The molecule has 0 spiro atoms. The van der Waals surface area contributed by atoms with Crippen LogP contribution in [0.3, 0.4) is 0 Å². The smallest absolute Gasteiger partial charge is 0.225 e. The van der Waals surface area contributed by atoms with Crippen molar-refractivity contribution in [3.05, 3.63) is 71.3 Å². The van der Waals surface area contributed by atoms with Crippen molar-refractivity contribution < 1.29 is 9.59 Å². The molecule has 0 aliphatic heterocycles. The van der Waals surface area contributed by atoms with Crippen molar-refractivity contribution in [2.75, 3.05) is 7.05 Å². The van der Waals surface area contributed by atoms with Gasteiger partial charge in [0.15, 0.2) is 0 Å². The van der Waals surface area contributed by atoms with Crippen LogP contribution < -0.4 is 5.32 Å². The molecule has 1 unspecified atom stereocenters. The number of hydrogen-bond donors (Lipinski definition) is 1. The number of carbonyl (C=O) groups excluding carboxylic acids is 2. The maximum absolute atomic E-state index is 12.6. The Morgan fingerprint density at radius 2 is 1.67 bits per heavy atom. The Morgan fingerprint density at radius 3 is 2.25 bits per heavy atom. The van der Waals surface area contributed by atoms with Gasteiger partial charge in [-0.25, -0.2) is 0 Å². The Hall–Kier alpha value is -2.62. The first-order valence-corrected chi connectivity index (χ1v) is 8.07. The molecule has 2 aromatic carbocycles. The molecule has 1 atom stereocenters. The average molecular weight is 324 g/mol. The summed E-state index contributed by atoms with van der Waals surface area (Å²) in [7, 11) is 1.79. The monoisotopic (exact) mass is 324 g/mol. The summed E-state index contributed by atoms with van der Waals surface area (Å²) in [6.45, 7) is 4.04. The first-order valence-electron chi connectivity index (χ1n) is 8.07. The van der Waals surface area contributed by atoms with Crippen LogP contribution in [-0.2, 0) is 16.1 Å². The van der Waals surface area contributed by atoms with E-state index in [2.05, 4.69) is 5.32 Å². The maximum Gasteiger partial charge on any atom is 0.225 e. The second-order valence-electron chi connectivity index (χ2n) is 6.10. The van der Waals surface area contributed by atoms with E-state index in [-0.39, 0.29) is 24.3 Å². The Balaban J connectivity index is 2.06. The third-order valence-electron chi connectivity index (χ3n) is 3.92. The van der Waals surface area contributed by atoms with Crippen molar-refractivity contribution in [2.24, 2.45) is 0 Å². The molecule has 0 saturated heterocycles. The summed E-state index contributed by atoms with van der Waals surface area (Å²) in [6.07, 6.45) is 0.242. The number of rotatable bonds is 6. The molecule has 2 amide bonds. The lowest BCUT2D eigenvalue weighted by Crippen LogP contribution is -2.33. The third kappa shape index (κ3) is 5.23. The number of nitrogens with one attached hydrogen (secondary N) is 1. The van der Waals surface area contributed by atoms with E-state index in [0.29, 0.717) is 6.54 Å². The molecule has 0 heterocycles. The van der Waals surface area contributed by atoms with Crippen molar-refractivity contribution in [3.8, 4) is 0 Å². The van der Waals surface area contributed by atoms with Crippen LogP contribution >= 0.6 is 0 Å². The molecule has 0 bridgehead atoms. The molecule has 1 N–H and O–H groups in total. The number of amides is 2. The van der Waals surface area contributed by atoms with Gasteiger partial charge in [-0.1, -0.05) is 60.2 Å². The predicted molar refractivity (Wildman–Crippen MR) is 95.3 cm³/mol. The molecule has 4 nitrogen and oxygen atoms in total. The molecule has 0 radical (unpaired) electrons. The van der Waals surface area contributed by atoms with Gasteiger partial charge in [0.2, 0.25) is 11.8 Å². The second kappa shape index (κ2) is 8.29. The predicted octanol–water partition coefficient (Wildman–Crippen LogP) is 3.22. The van der Waals surface area contributed by atoms with Gasteiger partial charge in [0.1, 0.15) is 0 Å². The van der Waals surface area contributed by atoms with Crippen LogP contribution in [0.15, 0.2) is 54.6 Å². The summed E-state index contributed by atoms with van der Waals surface area (Å²) in [5.74, 6) is -0.141. The first kappa shape index (κ1) is 17.7. The van der Waals surface area contributed by atoms with Crippen molar-refractivity contribution >= 4 is 11.8 Å². The lowest BCUT2D eigenvalue weighted by atomic mass is 10.0. The lowest BCUT2D eigenvalue weighted by Gasteiger charge is -2.23. The molecule has 126 valence electrons. The zero-order valence-electron chi connectivity index (χ0n) is 14.5. The standard InChI is InChI=1S/C20H24N2O2/c1-15-9-11-18(12-10-15)19(21-16(2)23)13-20(24)22(3)14-17-7-5-4-6-8-17/h4-12,19H,13-14H2,1-3H3,(H,21,23). The normalized spacial score (nSPS) is 11.6. The first-order chi connectivity index (χ1) is 11.5. The molecule has 24 heavy (non-hydrogen) atoms. The number of hydrogen-bond acceptors (Lipinski definition) is 2.